The quantitative estimate of drug-likeness (QED) is 0.600. The van der Waals surface area contributed by atoms with Crippen molar-refractivity contribution in [2.75, 3.05) is 44.0 Å². The molecule has 0 spiro atoms. The Morgan fingerprint density at radius 1 is 1.15 bits per heavy atom. The van der Waals surface area contributed by atoms with E-state index < -0.39 is 4.92 Å². The highest BCUT2D eigenvalue weighted by molar-refractivity contribution is 5.74. The molecule has 0 aliphatic carbocycles. The Hall–Kier alpha value is -2.78. The predicted molar refractivity (Wildman–Crippen MR) is 100 cm³/mol. The molecule has 2 aromatic rings. The zero-order chi connectivity index (χ0) is 18.5. The van der Waals surface area contributed by atoms with Gasteiger partial charge in [0.05, 0.1) is 4.92 Å². The van der Waals surface area contributed by atoms with Gasteiger partial charge in [0.2, 0.25) is 11.6 Å². The molecule has 1 aliphatic rings. The monoisotopic (exact) mass is 357 g/mol. The molecule has 1 fully saturated rings. The third-order valence-corrected chi connectivity index (χ3v) is 4.42. The van der Waals surface area contributed by atoms with E-state index in [2.05, 4.69) is 32.7 Å². The fourth-order valence-corrected chi connectivity index (χ4v) is 2.87. The molecule has 2 heterocycles. The van der Waals surface area contributed by atoms with Gasteiger partial charge in [-0.2, -0.15) is 0 Å². The lowest BCUT2D eigenvalue weighted by atomic mass is 10.1. The van der Waals surface area contributed by atoms with Crippen LogP contribution in [0.15, 0.2) is 30.6 Å². The highest BCUT2D eigenvalue weighted by Crippen LogP contribution is 2.32. The van der Waals surface area contributed by atoms with Crippen LogP contribution >= 0.6 is 0 Å². The lowest BCUT2D eigenvalue weighted by Crippen LogP contribution is -2.47. The fraction of sp³-hybridized carbons (Fsp3) is 0.412. The average Bonchev–Trinajstić information content (AvgIpc) is 2.64. The molecule has 9 nitrogen and oxygen atoms in total. The van der Waals surface area contributed by atoms with Crippen molar-refractivity contribution in [1.82, 2.24) is 19.9 Å². The molecule has 0 bridgehead atoms. The predicted octanol–water partition coefficient (Wildman–Crippen LogP) is 2.27. The Balaban J connectivity index is 1.87. The van der Waals surface area contributed by atoms with Crippen LogP contribution in [0.5, 0.6) is 0 Å². The summed E-state index contributed by atoms with van der Waals surface area (Å²) in [6.07, 6.45) is 2.15. The van der Waals surface area contributed by atoms with Gasteiger partial charge in [-0.25, -0.2) is 15.0 Å². The number of piperazine rings is 1. The maximum absolute atomic E-state index is 11.7. The van der Waals surface area contributed by atoms with Gasteiger partial charge >= 0.3 is 5.69 Å². The van der Waals surface area contributed by atoms with Crippen LogP contribution in [0.2, 0.25) is 0 Å². The van der Waals surface area contributed by atoms with Crippen LogP contribution in [0.3, 0.4) is 0 Å². The highest BCUT2D eigenvalue weighted by Gasteiger charge is 2.25. The van der Waals surface area contributed by atoms with Crippen LogP contribution in [-0.4, -0.2) is 58.0 Å². The van der Waals surface area contributed by atoms with Crippen molar-refractivity contribution in [3.05, 3.63) is 46.3 Å². The van der Waals surface area contributed by atoms with Crippen LogP contribution < -0.4 is 10.7 Å². The van der Waals surface area contributed by atoms with Crippen LogP contribution in [0.4, 0.5) is 23.0 Å². The maximum Gasteiger partial charge on any atom is 0.354 e. The number of hydrazine groups is 1. The lowest BCUT2D eigenvalue weighted by Gasteiger charge is -2.32. The van der Waals surface area contributed by atoms with Crippen molar-refractivity contribution in [2.24, 2.45) is 0 Å². The number of nitrogens with one attached hydrogen (secondary N) is 2. The summed E-state index contributed by atoms with van der Waals surface area (Å²) in [5.41, 5.74) is 4.80. The minimum Gasteiger partial charge on any atom is -0.334 e. The molecular formula is C17H23N7O2. The maximum atomic E-state index is 11.7. The number of nitrogens with zero attached hydrogens (tertiary/aromatic N) is 5. The molecule has 0 unspecified atom stereocenters. The van der Waals surface area contributed by atoms with Crippen molar-refractivity contribution < 1.29 is 4.92 Å². The van der Waals surface area contributed by atoms with Gasteiger partial charge in [-0.05, 0) is 25.1 Å². The number of likely N-dealkylation sites (N-methyl/N-ethyl adjacent to an activating group) is 1. The number of rotatable bonds is 6. The van der Waals surface area contributed by atoms with Gasteiger partial charge in [0.15, 0.2) is 0 Å². The van der Waals surface area contributed by atoms with Crippen molar-refractivity contribution in [3.8, 4) is 0 Å². The molecule has 0 atom stereocenters. The number of aryl methyl sites for hydroxylation is 1. The smallest absolute Gasteiger partial charge is 0.334 e. The SMILES string of the molecule is CCc1ccccc1Nc1ncnc(NN2CCN(C)CC2)c1[N+](=O)[O-]. The molecule has 9 heteroatoms. The van der Waals surface area contributed by atoms with Gasteiger partial charge < -0.3 is 10.2 Å². The van der Waals surface area contributed by atoms with E-state index in [4.69, 9.17) is 0 Å². The molecule has 1 aromatic heterocycles. The van der Waals surface area contributed by atoms with E-state index in [1.807, 2.05) is 36.2 Å². The normalized spacial score (nSPS) is 15.6. The molecule has 1 aliphatic heterocycles. The summed E-state index contributed by atoms with van der Waals surface area (Å²) in [7, 11) is 2.05. The Kier molecular flexibility index (Phi) is 5.59. The molecule has 2 N–H and O–H groups in total. The molecule has 26 heavy (non-hydrogen) atoms. The van der Waals surface area contributed by atoms with Gasteiger partial charge in [-0.3, -0.25) is 15.5 Å². The van der Waals surface area contributed by atoms with Crippen LogP contribution in [0.25, 0.3) is 0 Å². The Bertz CT molecular complexity index is 775. The summed E-state index contributed by atoms with van der Waals surface area (Å²) < 4.78 is 0. The minimum absolute atomic E-state index is 0.155. The molecule has 3 rings (SSSR count). The highest BCUT2D eigenvalue weighted by atomic mass is 16.6. The van der Waals surface area contributed by atoms with Gasteiger partial charge in [-0.15, -0.1) is 0 Å². The molecule has 138 valence electrons. The van der Waals surface area contributed by atoms with E-state index >= 15 is 0 Å². The lowest BCUT2D eigenvalue weighted by molar-refractivity contribution is -0.383. The van der Waals surface area contributed by atoms with Crippen LogP contribution in [-0.2, 0) is 6.42 Å². The third kappa shape index (κ3) is 4.06. The minimum atomic E-state index is -0.449. The number of hydrogen-bond donors (Lipinski definition) is 2. The number of benzene rings is 1. The summed E-state index contributed by atoms with van der Waals surface area (Å²) in [5, 5.41) is 16.7. The van der Waals surface area contributed by atoms with Crippen LogP contribution in [0.1, 0.15) is 12.5 Å². The first kappa shape index (κ1) is 18.0. The first-order valence-electron chi connectivity index (χ1n) is 8.63. The van der Waals surface area contributed by atoms with Gasteiger partial charge in [-0.1, -0.05) is 25.1 Å². The molecule has 1 saturated heterocycles. The van der Waals surface area contributed by atoms with E-state index in [1.54, 1.807) is 0 Å². The molecule has 0 amide bonds. The Morgan fingerprint density at radius 3 is 2.54 bits per heavy atom. The van der Waals surface area contributed by atoms with Crippen molar-refractivity contribution in [1.29, 1.82) is 0 Å². The van der Waals surface area contributed by atoms with E-state index in [0.29, 0.717) is 0 Å². The number of para-hydroxylation sites is 1. The number of aromatic nitrogens is 2. The van der Waals surface area contributed by atoms with Gasteiger partial charge in [0, 0.05) is 31.9 Å². The standard InChI is InChI=1S/C17H23N7O2/c1-3-13-6-4-5-7-14(13)20-16-15(24(25)26)17(19-12-18-16)21-23-10-8-22(2)9-11-23/h4-7,12H,3,8-11H2,1-2H3,(H2,18,19,20,21). The second-order valence-electron chi connectivity index (χ2n) is 6.21. The van der Waals surface area contributed by atoms with Gasteiger partial charge in [0.1, 0.15) is 6.33 Å². The second-order valence-corrected chi connectivity index (χ2v) is 6.21. The topological polar surface area (TPSA) is 99.5 Å². The molecular weight excluding hydrogens is 334 g/mol. The number of nitro groups is 1. The van der Waals surface area contributed by atoms with E-state index in [0.717, 1.165) is 43.9 Å². The van der Waals surface area contributed by atoms with Crippen molar-refractivity contribution in [2.45, 2.75) is 13.3 Å². The summed E-state index contributed by atoms with van der Waals surface area (Å²) >= 11 is 0. The average molecular weight is 357 g/mol. The Labute approximate surface area is 152 Å². The summed E-state index contributed by atoms with van der Waals surface area (Å²) in [5.74, 6) is 0.383. The first-order chi connectivity index (χ1) is 12.6. The van der Waals surface area contributed by atoms with Crippen molar-refractivity contribution in [3.63, 3.8) is 0 Å². The molecule has 1 aromatic carbocycles. The van der Waals surface area contributed by atoms with E-state index in [1.165, 1.54) is 6.33 Å². The second kappa shape index (κ2) is 8.07. The zero-order valence-corrected chi connectivity index (χ0v) is 15.0. The zero-order valence-electron chi connectivity index (χ0n) is 15.0. The van der Waals surface area contributed by atoms with Crippen molar-refractivity contribution >= 4 is 23.0 Å². The number of anilines is 3. The summed E-state index contributed by atoms with van der Waals surface area (Å²) in [6, 6.07) is 7.70. The Morgan fingerprint density at radius 2 is 1.85 bits per heavy atom. The van der Waals surface area contributed by atoms with E-state index in [-0.39, 0.29) is 17.3 Å². The molecule has 0 radical (unpaired) electrons. The van der Waals surface area contributed by atoms with E-state index in [9.17, 15) is 10.1 Å². The summed E-state index contributed by atoms with van der Waals surface area (Å²) in [4.78, 5) is 21.7. The summed E-state index contributed by atoms with van der Waals surface area (Å²) in [6.45, 7) is 5.34. The van der Waals surface area contributed by atoms with Crippen LogP contribution in [0, 0.1) is 10.1 Å². The third-order valence-electron chi connectivity index (χ3n) is 4.42. The first-order valence-corrected chi connectivity index (χ1v) is 8.63. The van der Waals surface area contributed by atoms with Gasteiger partial charge in [0.25, 0.3) is 0 Å². The molecule has 0 saturated carbocycles. The fourth-order valence-electron chi connectivity index (χ4n) is 2.87. The largest absolute Gasteiger partial charge is 0.354 e. The number of hydrogen-bond acceptors (Lipinski definition) is 8.